The van der Waals surface area contributed by atoms with E-state index in [1.165, 1.54) is 0 Å². The molecule has 8 nitrogen and oxygen atoms in total. The van der Waals surface area contributed by atoms with Crippen LogP contribution in [0, 0.1) is 6.92 Å². The van der Waals surface area contributed by atoms with Crippen LogP contribution >= 0.6 is 11.6 Å². The zero-order chi connectivity index (χ0) is 23.7. The van der Waals surface area contributed by atoms with E-state index in [-0.39, 0.29) is 11.7 Å². The van der Waals surface area contributed by atoms with E-state index in [1.807, 2.05) is 25.1 Å². The van der Waals surface area contributed by atoms with Crippen LogP contribution in [-0.4, -0.2) is 60.6 Å². The maximum atomic E-state index is 13.4. The Hall–Kier alpha value is -3.23. The van der Waals surface area contributed by atoms with E-state index in [1.54, 1.807) is 38.4 Å². The van der Waals surface area contributed by atoms with Crippen LogP contribution in [-0.2, 0) is 4.74 Å². The predicted molar refractivity (Wildman–Crippen MR) is 124 cm³/mol. The first kappa shape index (κ1) is 22.9. The van der Waals surface area contributed by atoms with E-state index in [2.05, 4.69) is 10.2 Å². The minimum atomic E-state index is -0.447. The molecule has 4 rings (SSSR count). The van der Waals surface area contributed by atoms with Gasteiger partial charge in [0.2, 0.25) is 0 Å². The summed E-state index contributed by atoms with van der Waals surface area (Å²) in [4.78, 5) is 15.1. The largest absolute Gasteiger partial charge is 0.507 e. The Kier molecular flexibility index (Phi) is 6.49. The molecule has 1 amide bonds. The molecule has 1 aromatic heterocycles. The quantitative estimate of drug-likeness (QED) is 0.474. The number of amides is 1. The molecule has 2 N–H and O–H groups in total. The number of methoxy groups -OCH3 is 3. The fourth-order valence-corrected chi connectivity index (χ4v) is 4.40. The number of rotatable bonds is 8. The molecule has 0 spiro atoms. The van der Waals surface area contributed by atoms with Crippen LogP contribution in [0.15, 0.2) is 30.3 Å². The molecule has 9 heteroatoms. The summed E-state index contributed by atoms with van der Waals surface area (Å²) in [5, 5.41) is 18.5. The number of halogens is 1. The van der Waals surface area contributed by atoms with Gasteiger partial charge in [-0.05, 0) is 48.7 Å². The second-order valence-electron chi connectivity index (χ2n) is 7.84. The molecular formula is C24H26ClN3O5. The van der Waals surface area contributed by atoms with Crippen LogP contribution in [0.5, 0.6) is 17.2 Å². The van der Waals surface area contributed by atoms with Crippen LogP contribution < -0.4 is 9.47 Å². The number of fused-ring (bicyclic) bond motifs is 1. The summed E-state index contributed by atoms with van der Waals surface area (Å²) in [7, 11) is 4.77. The molecule has 174 valence electrons. The lowest BCUT2D eigenvalue weighted by atomic mass is 9.95. The lowest BCUT2D eigenvalue weighted by molar-refractivity contribution is 0.0723. The summed E-state index contributed by atoms with van der Waals surface area (Å²) < 4.78 is 16.1. The molecule has 1 atom stereocenters. The van der Waals surface area contributed by atoms with E-state index in [0.717, 1.165) is 11.1 Å². The topological polar surface area (TPSA) is 96.9 Å². The van der Waals surface area contributed by atoms with Gasteiger partial charge in [-0.1, -0.05) is 17.7 Å². The van der Waals surface area contributed by atoms with Crippen LogP contribution in [0.4, 0.5) is 0 Å². The number of aryl methyl sites for hydroxylation is 1. The summed E-state index contributed by atoms with van der Waals surface area (Å²) in [5.41, 5.74) is 3.58. The van der Waals surface area contributed by atoms with Crippen LogP contribution in [0.25, 0.3) is 11.3 Å². The molecule has 0 saturated carbocycles. The third-order valence-corrected chi connectivity index (χ3v) is 6.27. The number of aromatic amines is 1. The number of ether oxygens (including phenoxy) is 3. The van der Waals surface area contributed by atoms with Crippen molar-refractivity contribution in [3.63, 3.8) is 0 Å². The Morgan fingerprint density at radius 3 is 2.61 bits per heavy atom. The summed E-state index contributed by atoms with van der Waals surface area (Å²) in [6, 6.07) is 8.38. The molecule has 0 radical (unpaired) electrons. The molecule has 3 aromatic rings. The average molecular weight is 472 g/mol. The number of benzene rings is 2. The zero-order valence-electron chi connectivity index (χ0n) is 18.9. The lowest BCUT2D eigenvalue weighted by Gasteiger charge is -2.27. The number of phenolic OH excluding ortho intramolecular Hbond substituents is 1. The highest BCUT2D eigenvalue weighted by molar-refractivity contribution is 6.31. The van der Waals surface area contributed by atoms with Gasteiger partial charge < -0.3 is 24.2 Å². The van der Waals surface area contributed by atoms with Crippen molar-refractivity contribution in [2.75, 3.05) is 34.5 Å². The maximum Gasteiger partial charge on any atom is 0.273 e. The number of hydrogen-bond donors (Lipinski definition) is 2. The number of carbonyl (C=O) groups excluding carboxylic acids is 1. The van der Waals surface area contributed by atoms with Crippen molar-refractivity contribution >= 4 is 17.5 Å². The third-order valence-electron chi connectivity index (χ3n) is 5.87. The average Bonchev–Trinajstić information content (AvgIpc) is 3.35. The Morgan fingerprint density at radius 1 is 1.15 bits per heavy atom. The van der Waals surface area contributed by atoms with E-state index in [9.17, 15) is 9.90 Å². The SMILES string of the molecule is COCCCN1C(=O)c2[nH]nc(-c3cc(Cl)c(C)cc3O)c2C1c1ccc(OC)c(OC)c1. The van der Waals surface area contributed by atoms with Crippen LogP contribution in [0.3, 0.4) is 0 Å². The van der Waals surface area contributed by atoms with Gasteiger partial charge in [0.05, 0.1) is 20.3 Å². The maximum absolute atomic E-state index is 13.4. The summed E-state index contributed by atoms with van der Waals surface area (Å²) in [6.07, 6.45) is 0.667. The fourth-order valence-electron chi connectivity index (χ4n) is 4.24. The van der Waals surface area contributed by atoms with Gasteiger partial charge in [-0.3, -0.25) is 9.89 Å². The van der Waals surface area contributed by atoms with Crippen molar-refractivity contribution in [3.8, 4) is 28.5 Å². The van der Waals surface area contributed by atoms with E-state index < -0.39 is 6.04 Å². The Morgan fingerprint density at radius 2 is 1.91 bits per heavy atom. The van der Waals surface area contributed by atoms with Crippen molar-refractivity contribution in [1.82, 2.24) is 15.1 Å². The smallest absolute Gasteiger partial charge is 0.273 e. The number of aromatic nitrogens is 2. The predicted octanol–water partition coefficient (Wildman–Crippen LogP) is 4.34. The fraction of sp³-hybridized carbons (Fsp3) is 0.333. The lowest BCUT2D eigenvalue weighted by Crippen LogP contribution is -2.31. The first-order valence-corrected chi connectivity index (χ1v) is 10.9. The molecule has 0 fully saturated rings. The van der Waals surface area contributed by atoms with Gasteiger partial charge in [-0.25, -0.2) is 0 Å². The molecule has 1 unspecified atom stereocenters. The van der Waals surface area contributed by atoms with Gasteiger partial charge in [-0.15, -0.1) is 0 Å². The van der Waals surface area contributed by atoms with Gasteiger partial charge in [0.25, 0.3) is 5.91 Å². The highest BCUT2D eigenvalue weighted by Gasteiger charge is 2.42. The second kappa shape index (κ2) is 9.33. The molecule has 1 aliphatic heterocycles. The van der Waals surface area contributed by atoms with E-state index in [0.29, 0.717) is 58.6 Å². The molecule has 33 heavy (non-hydrogen) atoms. The number of nitrogens with one attached hydrogen (secondary N) is 1. The molecule has 0 saturated heterocycles. The Bertz CT molecular complexity index is 1190. The molecule has 0 aliphatic carbocycles. The number of H-pyrrole nitrogens is 1. The van der Waals surface area contributed by atoms with Crippen LogP contribution in [0.1, 0.15) is 39.6 Å². The van der Waals surface area contributed by atoms with Crippen molar-refractivity contribution in [1.29, 1.82) is 0 Å². The molecular weight excluding hydrogens is 446 g/mol. The molecule has 0 bridgehead atoms. The first-order chi connectivity index (χ1) is 15.9. The second-order valence-corrected chi connectivity index (χ2v) is 8.25. The molecule has 2 aromatic carbocycles. The standard InChI is InChI=1S/C24H26ClN3O5/c1-13-10-17(29)15(12-16(13)25)21-20-22(27-26-21)24(30)28(8-5-9-31-2)23(20)14-6-7-18(32-3)19(11-14)33-4/h6-7,10-12,23,29H,5,8-9H2,1-4H3,(H,26,27). The van der Waals surface area contributed by atoms with Crippen molar-refractivity contribution in [2.45, 2.75) is 19.4 Å². The summed E-state index contributed by atoms with van der Waals surface area (Å²) in [6.45, 7) is 2.82. The van der Waals surface area contributed by atoms with Gasteiger partial charge >= 0.3 is 0 Å². The minimum Gasteiger partial charge on any atom is -0.507 e. The highest BCUT2D eigenvalue weighted by Crippen LogP contribution is 2.46. The molecule has 1 aliphatic rings. The number of hydrogen-bond acceptors (Lipinski definition) is 6. The number of nitrogens with zero attached hydrogens (tertiary/aromatic N) is 2. The number of aromatic hydroxyl groups is 1. The van der Waals surface area contributed by atoms with Crippen molar-refractivity contribution in [2.24, 2.45) is 0 Å². The first-order valence-electron chi connectivity index (χ1n) is 10.5. The molecule has 2 heterocycles. The van der Waals surface area contributed by atoms with Gasteiger partial charge in [0.15, 0.2) is 11.5 Å². The Labute approximate surface area is 197 Å². The van der Waals surface area contributed by atoms with Crippen LogP contribution in [0.2, 0.25) is 5.02 Å². The summed E-state index contributed by atoms with van der Waals surface area (Å²) in [5.74, 6) is 1.02. The normalized spacial score (nSPS) is 15.1. The third kappa shape index (κ3) is 4.00. The van der Waals surface area contributed by atoms with E-state index in [4.69, 9.17) is 25.8 Å². The van der Waals surface area contributed by atoms with Gasteiger partial charge in [0.1, 0.15) is 17.1 Å². The zero-order valence-corrected chi connectivity index (χ0v) is 19.7. The highest BCUT2D eigenvalue weighted by atomic mass is 35.5. The van der Waals surface area contributed by atoms with E-state index >= 15 is 0 Å². The number of phenols is 1. The minimum absolute atomic E-state index is 0.0440. The monoisotopic (exact) mass is 471 g/mol. The Balaban J connectivity index is 1.88. The van der Waals surface area contributed by atoms with Crippen molar-refractivity contribution < 1.29 is 24.1 Å². The number of carbonyl (C=O) groups is 1. The van der Waals surface area contributed by atoms with Gasteiger partial charge in [0, 0.05) is 36.4 Å². The van der Waals surface area contributed by atoms with Gasteiger partial charge in [-0.2, -0.15) is 5.10 Å². The summed E-state index contributed by atoms with van der Waals surface area (Å²) >= 11 is 6.35. The van der Waals surface area contributed by atoms with Crippen molar-refractivity contribution in [3.05, 3.63) is 57.7 Å².